The molecule has 0 unspecified atom stereocenters. The summed E-state index contributed by atoms with van der Waals surface area (Å²) < 4.78 is 37.3. The molecule has 1 aliphatic rings. The number of nitro benzene ring substituents is 1. The van der Waals surface area contributed by atoms with Crippen molar-refractivity contribution in [1.82, 2.24) is 9.62 Å². The van der Waals surface area contributed by atoms with Gasteiger partial charge in [-0.3, -0.25) is 14.9 Å². The molecule has 0 aliphatic carbocycles. The van der Waals surface area contributed by atoms with E-state index >= 15 is 0 Å². The number of amides is 1. The molecule has 1 saturated heterocycles. The fourth-order valence-corrected chi connectivity index (χ4v) is 4.85. The number of carbonyl (C=O) groups is 1. The van der Waals surface area contributed by atoms with Crippen LogP contribution in [-0.4, -0.2) is 62.5 Å². The topological polar surface area (TPSA) is 128 Å². The Labute approximate surface area is 192 Å². The Morgan fingerprint density at radius 1 is 1.21 bits per heavy atom. The second-order valence-corrected chi connectivity index (χ2v) is 9.62. The second kappa shape index (κ2) is 11.2. The molecule has 10 nitrogen and oxygen atoms in total. The molecule has 0 bridgehead atoms. The molecule has 3 rings (SSSR count). The zero-order chi connectivity index (χ0) is 23.8. The number of benzene rings is 2. The van der Waals surface area contributed by atoms with E-state index in [1.807, 2.05) is 37.3 Å². The minimum absolute atomic E-state index is 0.114. The fraction of sp³-hybridized carbons (Fsp3) is 0.409. The van der Waals surface area contributed by atoms with Crippen LogP contribution in [0.1, 0.15) is 18.9 Å². The van der Waals surface area contributed by atoms with Crippen molar-refractivity contribution in [3.05, 3.63) is 64.2 Å². The Morgan fingerprint density at radius 2 is 1.91 bits per heavy atom. The smallest absolute Gasteiger partial charge is 0.312 e. The van der Waals surface area contributed by atoms with E-state index < -0.39 is 33.1 Å². The molecule has 1 amide bonds. The maximum atomic E-state index is 12.8. The van der Waals surface area contributed by atoms with Crippen LogP contribution >= 0.6 is 0 Å². The van der Waals surface area contributed by atoms with Gasteiger partial charge in [0.1, 0.15) is 0 Å². The van der Waals surface area contributed by atoms with Crippen molar-refractivity contribution in [3.63, 3.8) is 0 Å². The van der Waals surface area contributed by atoms with Crippen LogP contribution in [0.4, 0.5) is 5.69 Å². The number of hydrogen-bond donors (Lipinski definition) is 1. The van der Waals surface area contributed by atoms with E-state index in [1.54, 1.807) is 0 Å². The van der Waals surface area contributed by atoms with Gasteiger partial charge >= 0.3 is 5.69 Å². The summed E-state index contributed by atoms with van der Waals surface area (Å²) in [5.41, 5.74) is 0.645. The Balaban J connectivity index is 1.59. The van der Waals surface area contributed by atoms with Crippen molar-refractivity contribution >= 4 is 21.6 Å². The van der Waals surface area contributed by atoms with Gasteiger partial charge < -0.3 is 14.8 Å². The van der Waals surface area contributed by atoms with Crippen LogP contribution in [0, 0.1) is 10.1 Å². The third-order valence-corrected chi connectivity index (χ3v) is 7.10. The standard InChI is InChI=1S/C22H27N3O7S/c1-17(7-8-18-5-3-2-4-6-18)23-22(26)16-32-21-10-9-19(15-20(21)25(27)28)33(29,30)24-11-13-31-14-12-24/h2-6,9-10,15,17H,7-8,11-14,16H2,1H3,(H,23,26)/t17-/m1/s1. The Bertz CT molecular complexity index is 1070. The van der Waals surface area contributed by atoms with Gasteiger partial charge in [-0.05, 0) is 37.5 Å². The monoisotopic (exact) mass is 477 g/mol. The number of carbonyl (C=O) groups excluding carboxylic acids is 1. The lowest BCUT2D eigenvalue weighted by Crippen LogP contribution is -2.40. The van der Waals surface area contributed by atoms with E-state index in [-0.39, 0.29) is 43.0 Å². The van der Waals surface area contributed by atoms with Gasteiger partial charge in [0.25, 0.3) is 5.91 Å². The molecule has 1 atom stereocenters. The zero-order valence-electron chi connectivity index (χ0n) is 18.3. The van der Waals surface area contributed by atoms with Gasteiger partial charge in [-0.1, -0.05) is 30.3 Å². The first-order valence-electron chi connectivity index (χ1n) is 10.6. The number of nitro groups is 1. The van der Waals surface area contributed by atoms with Gasteiger partial charge in [0.2, 0.25) is 10.0 Å². The van der Waals surface area contributed by atoms with E-state index in [0.717, 1.165) is 24.5 Å². The molecule has 0 aromatic heterocycles. The predicted octanol–water partition coefficient (Wildman–Crippen LogP) is 2.13. The molecule has 1 fully saturated rings. The van der Waals surface area contributed by atoms with E-state index in [4.69, 9.17) is 9.47 Å². The first-order chi connectivity index (χ1) is 15.8. The Morgan fingerprint density at radius 3 is 2.58 bits per heavy atom. The van der Waals surface area contributed by atoms with E-state index in [9.17, 15) is 23.3 Å². The minimum Gasteiger partial charge on any atom is -0.477 e. The maximum absolute atomic E-state index is 12.8. The van der Waals surface area contributed by atoms with Crippen LogP contribution in [0.2, 0.25) is 0 Å². The lowest BCUT2D eigenvalue weighted by Gasteiger charge is -2.26. The third-order valence-electron chi connectivity index (χ3n) is 5.21. The summed E-state index contributed by atoms with van der Waals surface area (Å²) in [6.45, 7) is 2.33. The SMILES string of the molecule is C[C@H](CCc1ccccc1)NC(=O)COc1ccc(S(=O)(=O)N2CCOCC2)cc1[N+](=O)[O-]. The highest BCUT2D eigenvalue weighted by Crippen LogP contribution is 2.31. The largest absolute Gasteiger partial charge is 0.477 e. The predicted molar refractivity (Wildman–Crippen MR) is 121 cm³/mol. The number of ether oxygens (including phenoxy) is 2. The van der Waals surface area contributed by atoms with Crippen LogP contribution in [0.5, 0.6) is 5.75 Å². The third kappa shape index (κ3) is 6.73. The molecular weight excluding hydrogens is 450 g/mol. The minimum atomic E-state index is -3.90. The van der Waals surface area contributed by atoms with Crippen molar-refractivity contribution in [2.45, 2.75) is 30.7 Å². The highest BCUT2D eigenvalue weighted by atomic mass is 32.2. The summed E-state index contributed by atoms with van der Waals surface area (Å²) in [6.07, 6.45) is 1.53. The molecule has 2 aromatic rings. The number of nitrogens with one attached hydrogen (secondary N) is 1. The molecule has 0 spiro atoms. The van der Waals surface area contributed by atoms with Gasteiger partial charge in [0, 0.05) is 25.2 Å². The molecule has 1 heterocycles. The molecule has 2 aromatic carbocycles. The lowest BCUT2D eigenvalue weighted by molar-refractivity contribution is -0.386. The molecule has 178 valence electrons. The highest BCUT2D eigenvalue weighted by molar-refractivity contribution is 7.89. The normalized spacial score (nSPS) is 15.5. The number of hydrogen-bond acceptors (Lipinski definition) is 7. The van der Waals surface area contributed by atoms with E-state index in [2.05, 4.69) is 5.32 Å². The molecule has 33 heavy (non-hydrogen) atoms. The van der Waals surface area contributed by atoms with Crippen molar-refractivity contribution < 1.29 is 27.6 Å². The summed E-state index contributed by atoms with van der Waals surface area (Å²) >= 11 is 0. The van der Waals surface area contributed by atoms with Gasteiger partial charge in [-0.15, -0.1) is 0 Å². The molecular formula is C22H27N3O7S. The Hall–Kier alpha value is -3.02. The average molecular weight is 478 g/mol. The molecule has 1 N–H and O–H groups in total. The number of morpholine rings is 1. The average Bonchev–Trinajstić information content (AvgIpc) is 2.82. The van der Waals surface area contributed by atoms with Gasteiger partial charge in [0.05, 0.1) is 23.0 Å². The molecule has 1 aliphatic heterocycles. The molecule has 0 radical (unpaired) electrons. The summed E-state index contributed by atoms with van der Waals surface area (Å²) in [5.74, 6) is -0.595. The quantitative estimate of drug-likeness (QED) is 0.410. The highest BCUT2D eigenvalue weighted by Gasteiger charge is 2.29. The van der Waals surface area contributed by atoms with Gasteiger partial charge in [-0.2, -0.15) is 4.31 Å². The van der Waals surface area contributed by atoms with Crippen LogP contribution in [-0.2, 0) is 26.0 Å². The molecule has 0 saturated carbocycles. The fourth-order valence-electron chi connectivity index (χ4n) is 3.42. The lowest BCUT2D eigenvalue weighted by atomic mass is 10.1. The summed E-state index contributed by atoms with van der Waals surface area (Å²) in [5, 5.41) is 14.3. The number of nitrogens with zero attached hydrogens (tertiary/aromatic N) is 2. The first kappa shape index (κ1) is 24.6. The zero-order valence-corrected chi connectivity index (χ0v) is 19.1. The number of sulfonamides is 1. The van der Waals surface area contributed by atoms with Crippen molar-refractivity contribution in [1.29, 1.82) is 0 Å². The maximum Gasteiger partial charge on any atom is 0.312 e. The van der Waals surface area contributed by atoms with Crippen LogP contribution in [0.3, 0.4) is 0 Å². The van der Waals surface area contributed by atoms with Gasteiger partial charge in [0.15, 0.2) is 12.4 Å². The van der Waals surface area contributed by atoms with Crippen molar-refractivity contribution in [2.75, 3.05) is 32.9 Å². The second-order valence-electron chi connectivity index (χ2n) is 7.68. The summed E-state index contributed by atoms with van der Waals surface area (Å²) in [4.78, 5) is 22.8. The van der Waals surface area contributed by atoms with Crippen molar-refractivity contribution in [3.8, 4) is 5.75 Å². The van der Waals surface area contributed by atoms with Crippen molar-refractivity contribution in [2.24, 2.45) is 0 Å². The van der Waals surface area contributed by atoms with Crippen LogP contribution in [0.15, 0.2) is 53.4 Å². The van der Waals surface area contributed by atoms with E-state index in [0.29, 0.717) is 0 Å². The van der Waals surface area contributed by atoms with Crippen LogP contribution in [0.25, 0.3) is 0 Å². The Kier molecular flexibility index (Phi) is 8.37. The number of rotatable bonds is 10. The number of aryl methyl sites for hydroxylation is 1. The summed E-state index contributed by atoms with van der Waals surface area (Å²) in [7, 11) is -3.90. The van der Waals surface area contributed by atoms with E-state index in [1.165, 1.54) is 16.4 Å². The van der Waals surface area contributed by atoms with Crippen LogP contribution < -0.4 is 10.1 Å². The summed E-state index contributed by atoms with van der Waals surface area (Å²) in [6, 6.07) is 13.2. The van der Waals surface area contributed by atoms with Gasteiger partial charge in [-0.25, -0.2) is 8.42 Å². The first-order valence-corrected chi connectivity index (χ1v) is 12.0. The molecule has 11 heteroatoms.